The zero-order valence-corrected chi connectivity index (χ0v) is 18.5. The van der Waals surface area contributed by atoms with E-state index in [1.165, 1.54) is 17.2 Å². The minimum absolute atomic E-state index is 0.0214. The zero-order chi connectivity index (χ0) is 22.6. The second kappa shape index (κ2) is 8.06. The molecule has 0 aromatic carbocycles. The van der Waals surface area contributed by atoms with Gasteiger partial charge in [0.15, 0.2) is 12.0 Å². The van der Waals surface area contributed by atoms with Gasteiger partial charge in [0.05, 0.1) is 37.2 Å². The van der Waals surface area contributed by atoms with Gasteiger partial charge >= 0.3 is 13.8 Å². The molecule has 0 aromatic rings. The van der Waals surface area contributed by atoms with Crippen LogP contribution in [0, 0.1) is 11.8 Å². The molecule has 172 valence electrons. The lowest BCUT2D eigenvalue weighted by Crippen LogP contribution is -2.60. The van der Waals surface area contributed by atoms with Crippen molar-refractivity contribution >= 4 is 25.5 Å². The number of nitrogens with two attached hydrogens (primary N) is 1. The highest BCUT2D eigenvalue weighted by Crippen LogP contribution is 2.58. The van der Waals surface area contributed by atoms with Crippen LogP contribution in [0.4, 0.5) is 0 Å². The highest BCUT2D eigenvalue weighted by Gasteiger charge is 2.60. The van der Waals surface area contributed by atoms with Gasteiger partial charge in [-0.2, -0.15) is 0 Å². The number of phosphoric acid groups is 1. The Labute approximate surface area is 179 Å². The maximum absolute atomic E-state index is 13.0. The van der Waals surface area contributed by atoms with Crippen LogP contribution in [-0.2, 0) is 42.0 Å². The van der Waals surface area contributed by atoms with Gasteiger partial charge in [-0.25, -0.2) is 4.57 Å². The normalized spacial score (nSPS) is 42.1. The van der Waals surface area contributed by atoms with Crippen molar-refractivity contribution in [3.8, 4) is 0 Å². The molecular formula is C19H27N2O9P. The van der Waals surface area contributed by atoms with Crippen LogP contribution in [0.5, 0.6) is 0 Å². The van der Waals surface area contributed by atoms with Crippen molar-refractivity contribution < 1.29 is 42.0 Å². The molecule has 0 bridgehead atoms. The molecule has 7 atom stereocenters. The van der Waals surface area contributed by atoms with Gasteiger partial charge in [-0.3, -0.25) is 32.9 Å². The number of amides is 1. The first-order valence-corrected chi connectivity index (χ1v) is 11.7. The van der Waals surface area contributed by atoms with Crippen LogP contribution < -0.4 is 5.73 Å². The third-order valence-corrected chi connectivity index (χ3v) is 7.15. The molecule has 1 saturated carbocycles. The minimum atomic E-state index is -3.94. The molecule has 2 unspecified atom stereocenters. The lowest BCUT2D eigenvalue weighted by molar-refractivity contribution is -0.149. The second-order valence-corrected chi connectivity index (χ2v) is 10.4. The topological polar surface area (TPSA) is 144 Å². The molecule has 0 spiro atoms. The van der Waals surface area contributed by atoms with Crippen molar-refractivity contribution in [3.05, 3.63) is 12.3 Å². The molecule has 4 rings (SSSR count). The predicted molar refractivity (Wildman–Crippen MR) is 104 cm³/mol. The van der Waals surface area contributed by atoms with Crippen LogP contribution in [0.15, 0.2) is 12.3 Å². The lowest BCUT2D eigenvalue weighted by Gasteiger charge is -2.38. The van der Waals surface area contributed by atoms with Crippen molar-refractivity contribution in [2.45, 2.75) is 63.7 Å². The average Bonchev–Trinajstić information content (AvgIpc) is 3.41. The summed E-state index contributed by atoms with van der Waals surface area (Å²) >= 11 is 0. The number of hydrogen-bond donors (Lipinski definition) is 1. The van der Waals surface area contributed by atoms with Crippen LogP contribution in [0.1, 0.15) is 33.6 Å². The summed E-state index contributed by atoms with van der Waals surface area (Å²) in [5.41, 5.74) is 5.21. The molecule has 3 aliphatic heterocycles. The van der Waals surface area contributed by atoms with Crippen LogP contribution >= 0.6 is 7.82 Å². The Kier molecular flexibility index (Phi) is 5.87. The smallest absolute Gasteiger partial charge is 0.463 e. The molecule has 11 nitrogen and oxygen atoms in total. The Morgan fingerprint density at radius 2 is 2.16 bits per heavy atom. The van der Waals surface area contributed by atoms with E-state index in [0.29, 0.717) is 6.42 Å². The number of ketones is 1. The fraction of sp³-hybridized carbons (Fsp3) is 0.737. The number of phosphoric ester groups is 1. The Hall–Kier alpha value is -1.62. The van der Waals surface area contributed by atoms with Crippen molar-refractivity contribution in [1.29, 1.82) is 0 Å². The average molecular weight is 458 g/mol. The van der Waals surface area contributed by atoms with Gasteiger partial charge in [0.1, 0.15) is 12.2 Å². The van der Waals surface area contributed by atoms with Crippen molar-refractivity contribution in [2.24, 2.45) is 17.6 Å². The Bertz CT molecular complexity index is 857. The molecule has 3 fully saturated rings. The molecule has 1 amide bonds. The molecule has 0 radical (unpaired) electrons. The number of fused-ring (bicyclic) bond motifs is 1. The first-order chi connectivity index (χ1) is 14.5. The van der Waals surface area contributed by atoms with Gasteiger partial charge in [0, 0.05) is 6.20 Å². The Morgan fingerprint density at radius 1 is 1.42 bits per heavy atom. The third-order valence-electron chi connectivity index (χ3n) is 5.74. The summed E-state index contributed by atoms with van der Waals surface area (Å²) in [7, 11) is -3.94. The highest BCUT2D eigenvalue weighted by molar-refractivity contribution is 7.48. The zero-order valence-electron chi connectivity index (χ0n) is 17.6. The number of carbonyl (C=O) groups is 3. The van der Waals surface area contributed by atoms with Crippen LogP contribution in [-0.4, -0.2) is 65.9 Å². The molecule has 3 heterocycles. The van der Waals surface area contributed by atoms with E-state index < -0.39 is 37.7 Å². The summed E-state index contributed by atoms with van der Waals surface area (Å²) < 4.78 is 40.5. The van der Waals surface area contributed by atoms with E-state index in [-0.39, 0.29) is 49.3 Å². The van der Waals surface area contributed by atoms with Gasteiger partial charge < -0.3 is 15.2 Å². The van der Waals surface area contributed by atoms with Crippen LogP contribution in [0.2, 0.25) is 0 Å². The maximum atomic E-state index is 13.0. The molecule has 2 N–H and O–H groups in total. The molecule has 12 heteroatoms. The van der Waals surface area contributed by atoms with E-state index in [9.17, 15) is 18.9 Å². The second-order valence-electron chi connectivity index (χ2n) is 8.81. The molecule has 0 aromatic heterocycles. The Morgan fingerprint density at radius 3 is 2.84 bits per heavy atom. The van der Waals surface area contributed by atoms with Gasteiger partial charge in [0.2, 0.25) is 5.91 Å². The predicted octanol–water partition coefficient (Wildman–Crippen LogP) is 0.872. The summed E-state index contributed by atoms with van der Waals surface area (Å²) in [5, 5.41) is 0. The van der Waals surface area contributed by atoms with Crippen LogP contribution in [0.3, 0.4) is 0 Å². The first-order valence-electron chi connectivity index (χ1n) is 10.2. The minimum Gasteiger partial charge on any atom is -0.463 e. The lowest BCUT2D eigenvalue weighted by atomic mass is 9.92. The first kappa shape index (κ1) is 22.6. The van der Waals surface area contributed by atoms with Gasteiger partial charge in [-0.05, 0) is 39.2 Å². The SMILES string of the molecule is CC(C)OC(=O)C1CC1CO[P@@]1(=O)OC[C@H]2O[C@@H](N3C=CC(=O)CC3=O)[C@](C)(N)[C@@H]2O1. The van der Waals surface area contributed by atoms with E-state index in [4.69, 9.17) is 28.8 Å². The summed E-state index contributed by atoms with van der Waals surface area (Å²) in [4.78, 5) is 36.9. The standard InChI is InChI=1S/C19H27N2O9P/c1-10(2)28-17(24)13-6-11(13)8-26-31(25)27-9-14-16(30-31)19(3,20)18(29-14)21-5-4-12(22)7-15(21)23/h4-5,10-11,13-14,16,18H,6-9,20H2,1-3H3/t11?,13?,14-,16-,18-,19-,31+/m1/s1. The summed E-state index contributed by atoms with van der Waals surface area (Å²) in [6.45, 7) is 5.09. The number of esters is 1. The molecule has 1 aliphatic carbocycles. The number of nitrogens with zero attached hydrogens (tertiary/aromatic N) is 1. The number of ether oxygens (including phenoxy) is 2. The summed E-state index contributed by atoms with van der Waals surface area (Å²) in [5.74, 6) is -1.45. The molecule has 4 aliphatic rings. The quantitative estimate of drug-likeness (QED) is 0.346. The van der Waals surface area contributed by atoms with Crippen LogP contribution in [0.25, 0.3) is 0 Å². The highest BCUT2D eigenvalue weighted by atomic mass is 31.2. The number of rotatable bonds is 6. The number of hydrogen-bond acceptors (Lipinski definition) is 10. The van der Waals surface area contributed by atoms with E-state index >= 15 is 0 Å². The molecule has 31 heavy (non-hydrogen) atoms. The van der Waals surface area contributed by atoms with E-state index in [1.807, 2.05) is 0 Å². The van der Waals surface area contributed by atoms with Crippen molar-refractivity contribution in [1.82, 2.24) is 4.90 Å². The van der Waals surface area contributed by atoms with Crippen molar-refractivity contribution in [2.75, 3.05) is 13.2 Å². The third kappa shape index (κ3) is 4.48. The molecule has 2 saturated heterocycles. The van der Waals surface area contributed by atoms with Crippen molar-refractivity contribution in [3.63, 3.8) is 0 Å². The maximum Gasteiger partial charge on any atom is 0.475 e. The number of allylic oxidation sites excluding steroid dienone is 1. The number of carbonyl (C=O) groups excluding carboxylic acids is 3. The molecular weight excluding hydrogens is 431 g/mol. The van der Waals surface area contributed by atoms with E-state index in [2.05, 4.69) is 0 Å². The van der Waals surface area contributed by atoms with Gasteiger partial charge in [-0.15, -0.1) is 0 Å². The van der Waals surface area contributed by atoms with E-state index in [0.717, 1.165) is 0 Å². The van der Waals surface area contributed by atoms with Gasteiger partial charge in [0.25, 0.3) is 0 Å². The summed E-state index contributed by atoms with van der Waals surface area (Å²) in [6, 6.07) is 0. The van der Waals surface area contributed by atoms with E-state index in [1.54, 1.807) is 20.8 Å². The largest absolute Gasteiger partial charge is 0.475 e. The van der Waals surface area contributed by atoms with Gasteiger partial charge in [-0.1, -0.05) is 0 Å². The monoisotopic (exact) mass is 458 g/mol. The fourth-order valence-corrected chi connectivity index (χ4v) is 5.52. The Balaban J connectivity index is 1.37. The fourth-order valence-electron chi connectivity index (χ4n) is 3.98. The summed E-state index contributed by atoms with van der Waals surface area (Å²) in [6.07, 6.45) is 0.269.